The molecule has 1 fully saturated rings. The molecule has 6 nitrogen and oxygen atoms in total. The van der Waals surface area contributed by atoms with Crippen molar-refractivity contribution in [2.45, 2.75) is 33.2 Å². The average molecular weight is 323 g/mol. The number of fused-ring (bicyclic) bond motifs is 3. The van der Waals surface area contributed by atoms with E-state index in [1.807, 2.05) is 29.4 Å². The van der Waals surface area contributed by atoms with E-state index in [0.717, 1.165) is 54.5 Å². The van der Waals surface area contributed by atoms with Crippen LogP contribution in [0.25, 0.3) is 22.1 Å². The second kappa shape index (κ2) is 5.85. The molecule has 3 aromatic rings. The first kappa shape index (κ1) is 15.1. The van der Waals surface area contributed by atoms with E-state index in [1.54, 1.807) is 0 Å². The van der Waals surface area contributed by atoms with E-state index in [1.165, 1.54) is 0 Å². The van der Waals surface area contributed by atoms with Gasteiger partial charge in [-0.3, -0.25) is 4.79 Å². The first-order valence-electron chi connectivity index (χ1n) is 8.54. The molecule has 124 valence electrons. The zero-order valence-corrected chi connectivity index (χ0v) is 14.1. The van der Waals surface area contributed by atoms with Crippen molar-refractivity contribution >= 4 is 28.0 Å². The zero-order chi connectivity index (χ0) is 16.7. The summed E-state index contributed by atoms with van der Waals surface area (Å²) in [5.74, 6) is 0.606. The van der Waals surface area contributed by atoms with Gasteiger partial charge in [0.15, 0.2) is 0 Å². The van der Waals surface area contributed by atoms with Crippen molar-refractivity contribution in [2.75, 3.05) is 13.1 Å². The number of hydrogen-bond acceptors (Lipinski definition) is 4. The van der Waals surface area contributed by atoms with Crippen LogP contribution in [0, 0.1) is 5.92 Å². The van der Waals surface area contributed by atoms with E-state index in [-0.39, 0.29) is 5.91 Å². The molecule has 0 saturated carbocycles. The number of hydrogen-bond donors (Lipinski definition) is 0. The Bertz CT molecular complexity index is 908. The van der Waals surface area contributed by atoms with Gasteiger partial charge in [-0.25, -0.2) is 4.98 Å². The highest BCUT2D eigenvalue weighted by molar-refractivity contribution is 6.05. The van der Waals surface area contributed by atoms with Gasteiger partial charge in [0.05, 0.1) is 17.4 Å². The molecule has 1 amide bonds. The van der Waals surface area contributed by atoms with Crippen LogP contribution >= 0.6 is 0 Å². The molecule has 1 aliphatic heterocycles. The lowest BCUT2D eigenvalue weighted by molar-refractivity contribution is 0.0793. The van der Waals surface area contributed by atoms with Crippen LogP contribution in [0.15, 0.2) is 24.5 Å². The van der Waals surface area contributed by atoms with Crippen molar-refractivity contribution < 1.29 is 4.79 Å². The molecule has 1 aliphatic rings. The highest BCUT2D eigenvalue weighted by Crippen LogP contribution is 2.24. The van der Waals surface area contributed by atoms with Crippen LogP contribution in [-0.2, 0) is 6.54 Å². The Morgan fingerprint density at radius 2 is 2.00 bits per heavy atom. The third-order valence-corrected chi connectivity index (χ3v) is 4.52. The minimum absolute atomic E-state index is 0.106. The predicted octanol–water partition coefficient (Wildman–Crippen LogP) is 2.87. The van der Waals surface area contributed by atoms with Crippen molar-refractivity contribution in [1.82, 2.24) is 24.6 Å². The second-order valence-corrected chi connectivity index (χ2v) is 6.89. The van der Waals surface area contributed by atoms with Gasteiger partial charge < -0.3 is 9.47 Å². The van der Waals surface area contributed by atoms with Crippen molar-refractivity contribution in [1.29, 1.82) is 0 Å². The summed E-state index contributed by atoms with van der Waals surface area (Å²) in [5.41, 5.74) is 3.11. The highest BCUT2D eigenvalue weighted by Gasteiger charge is 2.20. The van der Waals surface area contributed by atoms with Gasteiger partial charge in [0, 0.05) is 30.6 Å². The highest BCUT2D eigenvalue weighted by atomic mass is 16.2. The lowest BCUT2D eigenvalue weighted by atomic mass is 10.1. The smallest absolute Gasteiger partial charge is 0.253 e. The van der Waals surface area contributed by atoms with Crippen LogP contribution in [0.3, 0.4) is 0 Å². The van der Waals surface area contributed by atoms with Gasteiger partial charge in [-0.1, -0.05) is 13.8 Å². The van der Waals surface area contributed by atoms with Gasteiger partial charge >= 0.3 is 0 Å². The summed E-state index contributed by atoms with van der Waals surface area (Å²) in [5, 5.41) is 9.41. The van der Waals surface area contributed by atoms with E-state index in [2.05, 4.69) is 33.6 Å². The van der Waals surface area contributed by atoms with E-state index >= 15 is 0 Å². The molecule has 0 spiro atoms. The molecule has 3 heterocycles. The molecule has 24 heavy (non-hydrogen) atoms. The molecule has 0 radical (unpaired) electrons. The monoisotopic (exact) mass is 323 g/mol. The van der Waals surface area contributed by atoms with Gasteiger partial charge in [0.1, 0.15) is 0 Å². The Morgan fingerprint density at radius 1 is 1.21 bits per heavy atom. The average Bonchev–Trinajstić information content (AvgIpc) is 3.23. The molecule has 4 rings (SSSR count). The Morgan fingerprint density at radius 3 is 2.75 bits per heavy atom. The number of rotatable bonds is 3. The first-order valence-corrected chi connectivity index (χ1v) is 8.54. The minimum Gasteiger partial charge on any atom is -0.339 e. The van der Waals surface area contributed by atoms with Crippen LogP contribution in [0.1, 0.15) is 37.0 Å². The van der Waals surface area contributed by atoms with Crippen LogP contribution in [-0.4, -0.2) is 43.6 Å². The fraction of sp³-hybridized carbons (Fsp3) is 0.444. The molecule has 0 atom stereocenters. The maximum absolute atomic E-state index is 12.7. The maximum atomic E-state index is 12.7. The molecule has 1 aromatic carbocycles. The summed E-state index contributed by atoms with van der Waals surface area (Å²) >= 11 is 0. The molecule has 0 unspecified atom stereocenters. The quantitative estimate of drug-likeness (QED) is 0.743. The number of aromatic nitrogens is 4. The predicted molar refractivity (Wildman–Crippen MR) is 92.8 cm³/mol. The van der Waals surface area contributed by atoms with E-state index in [4.69, 9.17) is 0 Å². The summed E-state index contributed by atoms with van der Waals surface area (Å²) < 4.78 is 2.11. The van der Waals surface area contributed by atoms with Gasteiger partial charge in [-0.05, 0) is 37.0 Å². The topological polar surface area (TPSA) is 63.9 Å². The number of imidazole rings is 1. The number of benzene rings is 1. The van der Waals surface area contributed by atoms with Crippen molar-refractivity contribution in [3.05, 3.63) is 30.1 Å². The third kappa shape index (κ3) is 2.52. The van der Waals surface area contributed by atoms with Crippen molar-refractivity contribution in [2.24, 2.45) is 5.92 Å². The van der Waals surface area contributed by atoms with Crippen LogP contribution in [0.2, 0.25) is 0 Å². The van der Waals surface area contributed by atoms with E-state index in [0.29, 0.717) is 11.6 Å². The van der Waals surface area contributed by atoms with Gasteiger partial charge in [-0.2, -0.15) is 0 Å². The van der Waals surface area contributed by atoms with Crippen LogP contribution < -0.4 is 0 Å². The summed E-state index contributed by atoms with van der Waals surface area (Å²) in [6, 6.07) is 5.69. The molecule has 2 aromatic heterocycles. The fourth-order valence-electron chi connectivity index (χ4n) is 3.40. The van der Waals surface area contributed by atoms with Crippen LogP contribution in [0.4, 0.5) is 0 Å². The number of amides is 1. The molecule has 0 aliphatic carbocycles. The largest absolute Gasteiger partial charge is 0.339 e. The Balaban J connectivity index is 1.85. The summed E-state index contributed by atoms with van der Waals surface area (Å²) in [4.78, 5) is 19.0. The van der Waals surface area contributed by atoms with Crippen molar-refractivity contribution in [3.8, 4) is 0 Å². The molecule has 0 N–H and O–H groups in total. The number of likely N-dealkylation sites (tertiary alicyclic amines) is 1. The molecular formula is C18H21N5O. The lowest BCUT2D eigenvalue weighted by Crippen LogP contribution is -2.27. The van der Waals surface area contributed by atoms with Gasteiger partial charge in [-0.15, -0.1) is 10.2 Å². The Hall–Kier alpha value is -2.50. The molecule has 6 heteroatoms. The minimum atomic E-state index is 0.106. The molecule has 1 saturated heterocycles. The van der Waals surface area contributed by atoms with E-state index in [9.17, 15) is 4.79 Å². The van der Waals surface area contributed by atoms with Crippen molar-refractivity contribution in [3.63, 3.8) is 0 Å². The Labute approximate surface area is 140 Å². The SMILES string of the molecule is CC(C)Cn1cnc2nnc3ccc(C(=O)N4CCCC4)cc3c21. The van der Waals surface area contributed by atoms with Gasteiger partial charge in [0.25, 0.3) is 5.91 Å². The first-order chi connectivity index (χ1) is 11.6. The van der Waals surface area contributed by atoms with E-state index < -0.39 is 0 Å². The zero-order valence-electron chi connectivity index (χ0n) is 14.1. The Kier molecular flexibility index (Phi) is 3.67. The standard InChI is InChI=1S/C18H21N5O/c1-12(2)10-23-11-19-17-16(23)14-9-13(5-6-15(14)20-21-17)18(24)22-7-3-4-8-22/h5-6,9,11-12H,3-4,7-8,10H2,1-2H3. The maximum Gasteiger partial charge on any atom is 0.253 e. The summed E-state index contributed by atoms with van der Waals surface area (Å²) in [6.07, 6.45) is 4.00. The van der Waals surface area contributed by atoms with Gasteiger partial charge in [0.2, 0.25) is 5.65 Å². The molecule has 0 bridgehead atoms. The summed E-state index contributed by atoms with van der Waals surface area (Å²) in [7, 11) is 0. The fourth-order valence-corrected chi connectivity index (χ4v) is 3.40. The lowest BCUT2D eigenvalue weighted by Gasteiger charge is -2.15. The summed E-state index contributed by atoms with van der Waals surface area (Å²) in [6.45, 7) is 6.91. The normalized spacial score (nSPS) is 15.0. The van der Waals surface area contributed by atoms with Crippen LogP contribution in [0.5, 0.6) is 0 Å². The number of carbonyl (C=O) groups is 1. The number of carbonyl (C=O) groups excluding carboxylic acids is 1. The third-order valence-electron chi connectivity index (χ3n) is 4.52. The molecular weight excluding hydrogens is 302 g/mol. The number of nitrogens with zero attached hydrogens (tertiary/aromatic N) is 5. The second-order valence-electron chi connectivity index (χ2n) is 6.89.